The molecule has 4 heteroatoms. The molecule has 0 aliphatic rings. The molecule has 2 atom stereocenters. The topological polar surface area (TPSA) is 38.3 Å². The Morgan fingerprint density at radius 2 is 1.77 bits per heavy atom. The Balaban J connectivity index is 1.98. The number of ether oxygens (including phenoxy) is 1. The van der Waals surface area contributed by atoms with E-state index in [9.17, 15) is 4.79 Å². The fourth-order valence-electron chi connectivity index (χ4n) is 2.16. The average Bonchev–Trinajstić information content (AvgIpc) is 2.54. The van der Waals surface area contributed by atoms with Crippen molar-refractivity contribution in [2.75, 3.05) is 0 Å². The summed E-state index contributed by atoms with van der Waals surface area (Å²) >= 11 is 3.42. The van der Waals surface area contributed by atoms with Gasteiger partial charge >= 0.3 is 0 Å². The van der Waals surface area contributed by atoms with Crippen LogP contribution in [0.3, 0.4) is 0 Å². The molecule has 116 valence electrons. The van der Waals surface area contributed by atoms with Crippen LogP contribution in [-0.2, 0) is 4.79 Å². The van der Waals surface area contributed by atoms with Crippen molar-refractivity contribution < 1.29 is 9.53 Å². The third-order valence-electron chi connectivity index (χ3n) is 3.42. The van der Waals surface area contributed by atoms with Gasteiger partial charge < -0.3 is 10.1 Å². The largest absolute Gasteiger partial charge is 0.481 e. The van der Waals surface area contributed by atoms with Gasteiger partial charge in [0.15, 0.2) is 6.10 Å². The van der Waals surface area contributed by atoms with Crippen LogP contribution in [0.4, 0.5) is 0 Å². The molecule has 1 amide bonds. The van der Waals surface area contributed by atoms with Crippen molar-refractivity contribution >= 4 is 21.8 Å². The highest BCUT2D eigenvalue weighted by molar-refractivity contribution is 9.10. The average molecular weight is 362 g/mol. The zero-order valence-corrected chi connectivity index (χ0v) is 14.3. The van der Waals surface area contributed by atoms with Crippen LogP contribution in [0.15, 0.2) is 59.1 Å². The van der Waals surface area contributed by atoms with Crippen LogP contribution in [-0.4, -0.2) is 12.0 Å². The molecule has 0 aliphatic heterocycles. The highest BCUT2D eigenvalue weighted by Gasteiger charge is 2.19. The molecule has 3 nitrogen and oxygen atoms in total. The quantitative estimate of drug-likeness (QED) is 0.823. The molecule has 22 heavy (non-hydrogen) atoms. The number of carbonyl (C=O) groups excluding carboxylic acids is 1. The van der Waals surface area contributed by atoms with Crippen LogP contribution >= 0.6 is 15.9 Å². The monoisotopic (exact) mass is 361 g/mol. The first-order valence-electron chi connectivity index (χ1n) is 7.37. The van der Waals surface area contributed by atoms with E-state index in [1.165, 1.54) is 0 Å². The van der Waals surface area contributed by atoms with Crippen LogP contribution in [0.5, 0.6) is 5.75 Å². The predicted molar refractivity (Wildman–Crippen MR) is 91.8 cm³/mol. The first-order valence-corrected chi connectivity index (χ1v) is 8.17. The summed E-state index contributed by atoms with van der Waals surface area (Å²) in [7, 11) is 0. The number of halogens is 1. The van der Waals surface area contributed by atoms with Gasteiger partial charge in [0.05, 0.1) is 6.04 Å². The van der Waals surface area contributed by atoms with Gasteiger partial charge in [0.25, 0.3) is 5.91 Å². The number of rotatable bonds is 6. The van der Waals surface area contributed by atoms with E-state index in [1.54, 1.807) is 6.92 Å². The lowest BCUT2D eigenvalue weighted by molar-refractivity contribution is -0.128. The van der Waals surface area contributed by atoms with Gasteiger partial charge in [-0.05, 0) is 43.2 Å². The lowest BCUT2D eigenvalue weighted by Crippen LogP contribution is -2.38. The van der Waals surface area contributed by atoms with Crippen LogP contribution < -0.4 is 10.1 Å². The maximum absolute atomic E-state index is 12.3. The standard InChI is InChI=1S/C18H20BrNO2/c1-3-17(14-9-11-15(19)12-10-14)20-18(21)13(2)22-16-7-5-4-6-8-16/h4-13,17H,3H2,1-2H3,(H,20,21). The molecular formula is C18H20BrNO2. The van der Waals surface area contributed by atoms with Crippen molar-refractivity contribution in [2.45, 2.75) is 32.4 Å². The first kappa shape index (κ1) is 16.6. The zero-order valence-electron chi connectivity index (χ0n) is 12.8. The highest BCUT2D eigenvalue weighted by Crippen LogP contribution is 2.20. The summed E-state index contributed by atoms with van der Waals surface area (Å²) in [4.78, 5) is 12.3. The minimum absolute atomic E-state index is 0.0116. The normalized spacial score (nSPS) is 13.2. The van der Waals surface area contributed by atoms with E-state index in [-0.39, 0.29) is 11.9 Å². The van der Waals surface area contributed by atoms with E-state index in [0.717, 1.165) is 16.5 Å². The van der Waals surface area contributed by atoms with Crippen LogP contribution in [0.1, 0.15) is 31.9 Å². The molecule has 0 bridgehead atoms. The van der Waals surface area contributed by atoms with Crippen molar-refractivity contribution in [1.29, 1.82) is 0 Å². The molecule has 2 unspecified atom stereocenters. The molecule has 0 heterocycles. The lowest BCUT2D eigenvalue weighted by atomic mass is 10.0. The van der Waals surface area contributed by atoms with Gasteiger partial charge in [0, 0.05) is 4.47 Å². The van der Waals surface area contributed by atoms with Crippen LogP contribution in [0, 0.1) is 0 Å². The molecule has 0 spiro atoms. The Kier molecular flexibility index (Phi) is 6.01. The summed E-state index contributed by atoms with van der Waals surface area (Å²) in [6.45, 7) is 3.81. The van der Waals surface area contributed by atoms with E-state index in [4.69, 9.17) is 4.74 Å². The number of hydrogen-bond donors (Lipinski definition) is 1. The predicted octanol–water partition coefficient (Wildman–Crippen LogP) is 4.48. The molecule has 2 aromatic rings. The number of hydrogen-bond acceptors (Lipinski definition) is 2. The third-order valence-corrected chi connectivity index (χ3v) is 3.95. The number of carbonyl (C=O) groups is 1. The molecule has 0 aromatic heterocycles. The molecule has 0 saturated carbocycles. The number of para-hydroxylation sites is 1. The Bertz CT molecular complexity index is 598. The van der Waals surface area contributed by atoms with E-state index >= 15 is 0 Å². The summed E-state index contributed by atoms with van der Waals surface area (Å²) in [5.41, 5.74) is 1.09. The maximum atomic E-state index is 12.3. The van der Waals surface area contributed by atoms with E-state index in [1.807, 2.05) is 54.6 Å². The van der Waals surface area contributed by atoms with Gasteiger partial charge in [-0.15, -0.1) is 0 Å². The second-order valence-electron chi connectivity index (χ2n) is 5.09. The van der Waals surface area contributed by atoms with Gasteiger partial charge in [-0.1, -0.05) is 53.2 Å². The molecule has 2 rings (SSSR count). The Hall–Kier alpha value is -1.81. The lowest BCUT2D eigenvalue weighted by Gasteiger charge is -2.21. The van der Waals surface area contributed by atoms with Crippen molar-refractivity contribution in [1.82, 2.24) is 5.32 Å². The number of benzene rings is 2. The van der Waals surface area contributed by atoms with Crippen molar-refractivity contribution in [3.05, 3.63) is 64.6 Å². The third kappa shape index (κ3) is 4.60. The van der Waals surface area contributed by atoms with Gasteiger partial charge in [-0.3, -0.25) is 4.79 Å². The number of amides is 1. The molecule has 0 radical (unpaired) electrons. The minimum Gasteiger partial charge on any atom is -0.481 e. The van der Waals surface area contributed by atoms with Crippen LogP contribution in [0.25, 0.3) is 0 Å². The molecule has 0 aliphatic carbocycles. The van der Waals surface area contributed by atoms with Gasteiger partial charge in [-0.25, -0.2) is 0 Å². The number of nitrogens with one attached hydrogen (secondary N) is 1. The van der Waals surface area contributed by atoms with Crippen molar-refractivity contribution in [2.24, 2.45) is 0 Å². The summed E-state index contributed by atoms with van der Waals surface area (Å²) in [5.74, 6) is 0.584. The van der Waals surface area contributed by atoms with E-state index < -0.39 is 6.10 Å². The fourth-order valence-corrected chi connectivity index (χ4v) is 2.43. The molecule has 0 fully saturated rings. The van der Waals surface area contributed by atoms with E-state index in [0.29, 0.717) is 5.75 Å². The van der Waals surface area contributed by atoms with Crippen molar-refractivity contribution in [3.8, 4) is 5.75 Å². The SMILES string of the molecule is CCC(NC(=O)C(C)Oc1ccccc1)c1ccc(Br)cc1. The second kappa shape index (κ2) is 7.99. The molecule has 1 N–H and O–H groups in total. The van der Waals surface area contributed by atoms with Gasteiger partial charge in [-0.2, -0.15) is 0 Å². The second-order valence-corrected chi connectivity index (χ2v) is 6.01. The summed E-state index contributed by atoms with van der Waals surface area (Å²) < 4.78 is 6.68. The van der Waals surface area contributed by atoms with Crippen LogP contribution in [0.2, 0.25) is 0 Å². The summed E-state index contributed by atoms with van der Waals surface area (Å²) in [6.07, 6.45) is 0.290. The van der Waals surface area contributed by atoms with Gasteiger partial charge in [0.1, 0.15) is 5.75 Å². The maximum Gasteiger partial charge on any atom is 0.261 e. The Labute approximate surface area is 139 Å². The molecular weight excluding hydrogens is 342 g/mol. The first-order chi connectivity index (χ1) is 10.6. The summed E-state index contributed by atoms with van der Waals surface area (Å²) in [6, 6.07) is 17.4. The van der Waals surface area contributed by atoms with Gasteiger partial charge in [0.2, 0.25) is 0 Å². The molecule has 0 saturated heterocycles. The van der Waals surface area contributed by atoms with Crippen molar-refractivity contribution in [3.63, 3.8) is 0 Å². The fraction of sp³-hybridized carbons (Fsp3) is 0.278. The highest BCUT2D eigenvalue weighted by atomic mass is 79.9. The Morgan fingerprint density at radius 1 is 1.14 bits per heavy atom. The minimum atomic E-state index is -0.535. The zero-order chi connectivity index (χ0) is 15.9. The van der Waals surface area contributed by atoms with E-state index in [2.05, 4.69) is 28.2 Å². The smallest absolute Gasteiger partial charge is 0.261 e. The molecule has 2 aromatic carbocycles. The Morgan fingerprint density at radius 3 is 2.36 bits per heavy atom. The summed E-state index contributed by atoms with van der Waals surface area (Å²) in [5, 5.41) is 3.04.